The summed E-state index contributed by atoms with van der Waals surface area (Å²) in [6.45, 7) is 0.685. The van der Waals surface area contributed by atoms with Crippen LogP contribution < -0.4 is 10.0 Å². The Morgan fingerprint density at radius 1 is 1.08 bits per heavy atom. The molecule has 1 heterocycles. The summed E-state index contributed by atoms with van der Waals surface area (Å²) >= 11 is 1.47. The molecule has 2 N–H and O–H groups in total. The molecule has 6 nitrogen and oxygen atoms in total. The number of hydrogen-bond acceptors (Lipinski definition) is 5. The van der Waals surface area contributed by atoms with Gasteiger partial charge in [0.25, 0.3) is 15.9 Å². The third kappa shape index (κ3) is 4.37. The number of halogens is 1. The molecule has 25 heavy (non-hydrogen) atoms. The number of hydrogen-bond donors (Lipinski definition) is 2. The molecule has 2 aromatic rings. The molecule has 0 spiro atoms. The normalized spacial score (nSPS) is 14.0. The second-order valence-corrected chi connectivity index (χ2v) is 7.89. The Kier molecular flexibility index (Phi) is 5.05. The first-order valence-electron chi connectivity index (χ1n) is 7.31. The second kappa shape index (κ2) is 7.24. The van der Waals surface area contributed by atoms with Crippen LogP contribution in [0.2, 0.25) is 0 Å². The number of anilines is 1. The predicted octanol–water partition coefficient (Wildman–Crippen LogP) is 2.46. The van der Waals surface area contributed by atoms with Crippen LogP contribution in [-0.2, 0) is 10.0 Å². The predicted molar refractivity (Wildman–Crippen MR) is 95.9 cm³/mol. The number of benzene rings is 2. The van der Waals surface area contributed by atoms with E-state index in [9.17, 15) is 17.6 Å². The zero-order valence-electron chi connectivity index (χ0n) is 12.9. The SMILES string of the molecule is O=C(NC1=NCCS1)c1ccc(NS(=O)(=O)c2ccc(F)cc2)cc1. The lowest BCUT2D eigenvalue weighted by Gasteiger charge is -2.09. The standard InChI is InChI=1S/C16H14FN3O3S2/c17-12-3-7-14(8-4-12)25(22,23)20-13-5-1-11(2-6-13)15(21)19-16-18-9-10-24-16/h1-8,20H,9-10H2,(H,18,19,21). The summed E-state index contributed by atoms with van der Waals surface area (Å²) in [7, 11) is -3.82. The molecule has 3 rings (SSSR count). The van der Waals surface area contributed by atoms with E-state index in [0.29, 0.717) is 23.0 Å². The van der Waals surface area contributed by atoms with E-state index >= 15 is 0 Å². The van der Waals surface area contributed by atoms with Gasteiger partial charge in [0, 0.05) is 17.0 Å². The van der Waals surface area contributed by atoms with Crippen LogP contribution in [-0.4, -0.2) is 31.8 Å². The number of carbonyl (C=O) groups excluding carboxylic acids is 1. The molecule has 0 radical (unpaired) electrons. The molecule has 0 aromatic heterocycles. The van der Waals surface area contributed by atoms with E-state index in [1.807, 2.05) is 0 Å². The topological polar surface area (TPSA) is 87.6 Å². The van der Waals surface area contributed by atoms with E-state index in [0.717, 1.165) is 17.9 Å². The minimum absolute atomic E-state index is 0.0491. The molecule has 2 aromatic carbocycles. The number of nitrogens with one attached hydrogen (secondary N) is 2. The Hall–Kier alpha value is -2.39. The van der Waals surface area contributed by atoms with Gasteiger partial charge >= 0.3 is 0 Å². The van der Waals surface area contributed by atoms with Crippen molar-refractivity contribution in [3.8, 4) is 0 Å². The monoisotopic (exact) mass is 379 g/mol. The molecule has 9 heteroatoms. The van der Waals surface area contributed by atoms with Gasteiger partial charge in [-0.2, -0.15) is 0 Å². The van der Waals surface area contributed by atoms with Crippen molar-refractivity contribution in [2.75, 3.05) is 17.0 Å². The van der Waals surface area contributed by atoms with Gasteiger partial charge in [0.2, 0.25) is 0 Å². The summed E-state index contributed by atoms with van der Waals surface area (Å²) in [6, 6.07) is 10.5. The molecule has 0 saturated heterocycles. The van der Waals surface area contributed by atoms with Crippen molar-refractivity contribution in [1.82, 2.24) is 5.32 Å². The van der Waals surface area contributed by atoms with E-state index < -0.39 is 15.8 Å². The quantitative estimate of drug-likeness (QED) is 0.854. The molecular formula is C16H14FN3O3S2. The maximum atomic E-state index is 12.9. The van der Waals surface area contributed by atoms with Gasteiger partial charge in [-0.3, -0.25) is 14.5 Å². The largest absolute Gasteiger partial charge is 0.301 e. The van der Waals surface area contributed by atoms with Crippen LogP contribution in [0.1, 0.15) is 10.4 Å². The van der Waals surface area contributed by atoms with Crippen LogP contribution in [0.4, 0.5) is 10.1 Å². The van der Waals surface area contributed by atoms with Gasteiger partial charge in [0.15, 0.2) is 5.17 Å². The van der Waals surface area contributed by atoms with Gasteiger partial charge < -0.3 is 5.32 Å². The number of amides is 1. The van der Waals surface area contributed by atoms with Gasteiger partial charge in [-0.25, -0.2) is 12.8 Å². The smallest absolute Gasteiger partial charge is 0.261 e. The lowest BCUT2D eigenvalue weighted by molar-refractivity contribution is 0.0978. The second-order valence-electron chi connectivity index (χ2n) is 5.13. The fraction of sp³-hybridized carbons (Fsp3) is 0.125. The number of sulfonamides is 1. The first-order chi connectivity index (χ1) is 11.9. The molecule has 0 fully saturated rings. The van der Waals surface area contributed by atoms with E-state index in [4.69, 9.17) is 0 Å². The fourth-order valence-corrected chi connectivity index (χ4v) is 3.88. The Balaban J connectivity index is 1.69. The van der Waals surface area contributed by atoms with Crippen molar-refractivity contribution < 1.29 is 17.6 Å². The molecule has 0 atom stereocenters. The number of rotatable bonds is 4. The summed E-state index contributed by atoms with van der Waals surface area (Å²) in [5, 5.41) is 3.28. The molecule has 0 bridgehead atoms. The first-order valence-corrected chi connectivity index (χ1v) is 9.78. The number of carbonyl (C=O) groups is 1. The Bertz CT molecular complexity index is 911. The van der Waals surface area contributed by atoms with Crippen molar-refractivity contribution in [2.45, 2.75) is 4.90 Å². The maximum absolute atomic E-state index is 12.9. The van der Waals surface area contributed by atoms with E-state index in [-0.39, 0.29) is 10.8 Å². The Morgan fingerprint density at radius 2 is 1.76 bits per heavy atom. The van der Waals surface area contributed by atoms with E-state index in [2.05, 4.69) is 15.0 Å². The van der Waals surface area contributed by atoms with E-state index in [1.165, 1.54) is 48.2 Å². The van der Waals surface area contributed by atoms with Crippen molar-refractivity contribution in [3.63, 3.8) is 0 Å². The van der Waals surface area contributed by atoms with Gasteiger partial charge in [-0.1, -0.05) is 11.8 Å². The molecule has 1 amide bonds. The average molecular weight is 379 g/mol. The van der Waals surface area contributed by atoms with Crippen molar-refractivity contribution in [1.29, 1.82) is 0 Å². The minimum atomic E-state index is -3.82. The Labute approximate surface area is 148 Å². The maximum Gasteiger partial charge on any atom is 0.261 e. The highest BCUT2D eigenvalue weighted by Gasteiger charge is 2.15. The number of nitrogens with zero attached hydrogens (tertiary/aromatic N) is 1. The number of thioether (sulfide) groups is 1. The fourth-order valence-electron chi connectivity index (χ4n) is 2.10. The molecular weight excluding hydrogens is 365 g/mol. The summed E-state index contributed by atoms with van der Waals surface area (Å²) in [6.07, 6.45) is 0. The highest BCUT2D eigenvalue weighted by atomic mass is 32.2. The third-order valence-corrected chi connectivity index (χ3v) is 5.62. The Morgan fingerprint density at radius 3 is 2.36 bits per heavy atom. The lowest BCUT2D eigenvalue weighted by Crippen LogP contribution is -2.27. The van der Waals surface area contributed by atoms with Gasteiger partial charge in [-0.05, 0) is 48.5 Å². The number of amidine groups is 1. The van der Waals surface area contributed by atoms with Crippen LogP contribution in [0.5, 0.6) is 0 Å². The van der Waals surface area contributed by atoms with Crippen LogP contribution in [0.3, 0.4) is 0 Å². The van der Waals surface area contributed by atoms with Crippen LogP contribution in [0.25, 0.3) is 0 Å². The molecule has 1 aliphatic rings. The van der Waals surface area contributed by atoms with Crippen molar-refractivity contribution >= 4 is 38.5 Å². The summed E-state index contributed by atoms with van der Waals surface area (Å²) < 4.78 is 39.7. The van der Waals surface area contributed by atoms with Gasteiger partial charge in [0.05, 0.1) is 11.4 Å². The molecule has 0 unspecified atom stereocenters. The third-order valence-electron chi connectivity index (χ3n) is 3.33. The minimum Gasteiger partial charge on any atom is -0.301 e. The molecule has 0 saturated carbocycles. The zero-order valence-corrected chi connectivity index (χ0v) is 14.5. The highest BCUT2D eigenvalue weighted by molar-refractivity contribution is 8.14. The average Bonchev–Trinajstić information content (AvgIpc) is 3.08. The molecule has 0 aliphatic carbocycles. The first kappa shape index (κ1) is 17.4. The van der Waals surface area contributed by atoms with Crippen molar-refractivity contribution in [2.24, 2.45) is 4.99 Å². The zero-order chi connectivity index (χ0) is 17.9. The van der Waals surface area contributed by atoms with Gasteiger partial charge in [0.1, 0.15) is 5.82 Å². The van der Waals surface area contributed by atoms with Crippen LogP contribution in [0.15, 0.2) is 58.4 Å². The van der Waals surface area contributed by atoms with E-state index in [1.54, 1.807) is 0 Å². The number of aliphatic imine (C=N–C) groups is 1. The highest BCUT2D eigenvalue weighted by Crippen LogP contribution is 2.17. The summed E-state index contributed by atoms with van der Waals surface area (Å²) in [4.78, 5) is 16.2. The molecule has 130 valence electrons. The molecule has 1 aliphatic heterocycles. The lowest BCUT2D eigenvalue weighted by atomic mass is 10.2. The van der Waals surface area contributed by atoms with Crippen molar-refractivity contribution in [3.05, 3.63) is 59.9 Å². The van der Waals surface area contributed by atoms with Gasteiger partial charge in [-0.15, -0.1) is 0 Å². The van der Waals surface area contributed by atoms with Crippen LogP contribution >= 0.6 is 11.8 Å². The summed E-state index contributed by atoms with van der Waals surface area (Å²) in [5.74, 6) is 0.0279. The van der Waals surface area contributed by atoms with Crippen LogP contribution in [0, 0.1) is 5.82 Å². The summed E-state index contributed by atoms with van der Waals surface area (Å²) in [5.41, 5.74) is 0.688.